The van der Waals surface area contributed by atoms with Gasteiger partial charge in [0.05, 0.1) is 10.2 Å². The second kappa shape index (κ2) is 6.75. The highest BCUT2D eigenvalue weighted by atomic mass is 32.1. The van der Waals surface area contributed by atoms with E-state index in [9.17, 15) is 4.79 Å². The van der Waals surface area contributed by atoms with Crippen molar-refractivity contribution in [1.29, 1.82) is 0 Å². The fourth-order valence-electron chi connectivity index (χ4n) is 2.24. The summed E-state index contributed by atoms with van der Waals surface area (Å²) in [5.41, 5.74) is 0.966. The number of aryl methyl sites for hydroxylation is 1. The molecule has 0 aliphatic rings. The number of aromatic nitrogens is 3. The number of rotatable bonds is 5. The van der Waals surface area contributed by atoms with Gasteiger partial charge in [0, 0.05) is 38.6 Å². The molecule has 0 aliphatic heterocycles. The summed E-state index contributed by atoms with van der Waals surface area (Å²) < 4.78 is 3.16. The molecule has 5 nitrogen and oxygen atoms in total. The van der Waals surface area contributed by atoms with E-state index in [-0.39, 0.29) is 5.91 Å². The molecule has 2 heterocycles. The maximum atomic E-state index is 12.2. The summed E-state index contributed by atoms with van der Waals surface area (Å²) in [7, 11) is 1.80. The van der Waals surface area contributed by atoms with Crippen LogP contribution in [0.1, 0.15) is 10.8 Å². The summed E-state index contributed by atoms with van der Waals surface area (Å²) in [6.07, 6.45) is 7.05. The van der Waals surface area contributed by atoms with Crippen LogP contribution in [0.15, 0.2) is 42.7 Å². The molecule has 0 spiro atoms. The Hall–Kier alpha value is -2.47. The van der Waals surface area contributed by atoms with Gasteiger partial charge in [0.2, 0.25) is 5.91 Å². The molecule has 0 unspecified atom stereocenters. The monoisotopic (exact) mass is 326 g/mol. The molecule has 0 atom stereocenters. The number of carbonyl (C=O) groups is 1. The van der Waals surface area contributed by atoms with Gasteiger partial charge in [0.1, 0.15) is 10.8 Å². The minimum absolute atomic E-state index is 0.0259. The van der Waals surface area contributed by atoms with Gasteiger partial charge in [-0.3, -0.25) is 4.79 Å². The highest BCUT2D eigenvalue weighted by Crippen LogP contribution is 2.22. The van der Waals surface area contributed by atoms with Gasteiger partial charge >= 0.3 is 0 Å². The van der Waals surface area contributed by atoms with E-state index in [0.717, 1.165) is 27.6 Å². The highest BCUT2D eigenvalue weighted by Gasteiger charge is 2.06. The Bertz CT molecular complexity index is 816. The smallest absolute Gasteiger partial charge is 0.246 e. The van der Waals surface area contributed by atoms with E-state index >= 15 is 0 Å². The summed E-state index contributed by atoms with van der Waals surface area (Å²) in [6.45, 7) is 3.33. The first-order valence-corrected chi connectivity index (χ1v) is 8.21. The Morgan fingerprint density at radius 1 is 1.39 bits per heavy atom. The number of hydrogen-bond acceptors (Lipinski definition) is 4. The summed E-state index contributed by atoms with van der Waals surface area (Å²) >= 11 is 1.58. The van der Waals surface area contributed by atoms with Crippen LogP contribution >= 0.6 is 11.3 Å². The van der Waals surface area contributed by atoms with Gasteiger partial charge in [0.25, 0.3) is 0 Å². The van der Waals surface area contributed by atoms with Crippen molar-refractivity contribution in [2.75, 3.05) is 13.6 Å². The molecule has 2 aromatic heterocycles. The first-order valence-electron chi connectivity index (χ1n) is 7.40. The second-order valence-electron chi connectivity index (χ2n) is 5.28. The lowest BCUT2D eigenvalue weighted by Crippen LogP contribution is -2.28. The molecule has 0 radical (unpaired) electrons. The lowest BCUT2D eigenvalue weighted by Gasteiger charge is -2.15. The predicted octanol–water partition coefficient (Wildman–Crippen LogP) is 2.97. The molecule has 0 bridgehead atoms. The molecule has 3 aromatic rings. The van der Waals surface area contributed by atoms with Gasteiger partial charge < -0.3 is 9.47 Å². The lowest BCUT2D eigenvalue weighted by atomic mass is 10.3. The van der Waals surface area contributed by atoms with E-state index in [1.54, 1.807) is 41.6 Å². The summed E-state index contributed by atoms with van der Waals surface area (Å²) in [6, 6.07) is 7.97. The quantitative estimate of drug-likeness (QED) is 0.677. The maximum Gasteiger partial charge on any atom is 0.246 e. The van der Waals surface area contributed by atoms with Gasteiger partial charge in [-0.2, -0.15) is 0 Å². The van der Waals surface area contributed by atoms with Gasteiger partial charge in [-0.15, -0.1) is 11.3 Å². The average Bonchev–Trinajstić information content (AvgIpc) is 3.15. The van der Waals surface area contributed by atoms with Crippen LogP contribution in [-0.2, 0) is 11.3 Å². The van der Waals surface area contributed by atoms with Gasteiger partial charge in [-0.05, 0) is 25.1 Å². The number of hydrogen-bond donors (Lipinski definition) is 0. The number of benzene rings is 1. The number of carbonyl (C=O) groups excluding carboxylic acids is 1. The zero-order valence-electron chi connectivity index (χ0n) is 13.1. The topological polar surface area (TPSA) is 51.0 Å². The van der Waals surface area contributed by atoms with Crippen molar-refractivity contribution in [3.8, 4) is 0 Å². The fraction of sp³-hybridized carbons (Fsp3) is 0.235. The Labute approximate surface area is 138 Å². The Morgan fingerprint density at radius 3 is 2.96 bits per heavy atom. The van der Waals surface area contributed by atoms with Crippen LogP contribution in [0.5, 0.6) is 0 Å². The maximum absolute atomic E-state index is 12.2. The van der Waals surface area contributed by atoms with Crippen LogP contribution in [0.3, 0.4) is 0 Å². The van der Waals surface area contributed by atoms with Crippen molar-refractivity contribution in [2.24, 2.45) is 0 Å². The van der Waals surface area contributed by atoms with E-state index in [4.69, 9.17) is 0 Å². The molecule has 0 saturated heterocycles. The summed E-state index contributed by atoms with van der Waals surface area (Å²) in [4.78, 5) is 22.5. The van der Waals surface area contributed by atoms with Crippen LogP contribution < -0.4 is 0 Å². The standard InChI is InChI=1S/C17H18N4OS/c1-13-18-9-10-21(13)12-11-20(2)17(22)8-7-16-19-14-5-3-4-6-15(14)23-16/h3-10H,11-12H2,1-2H3. The lowest BCUT2D eigenvalue weighted by molar-refractivity contribution is -0.124. The number of para-hydroxylation sites is 1. The summed E-state index contributed by atoms with van der Waals surface area (Å²) in [5.74, 6) is 0.929. The third kappa shape index (κ3) is 3.65. The molecule has 0 fully saturated rings. The second-order valence-corrected chi connectivity index (χ2v) is 6.34. The third-order valence-electron chi connectivity index (χ3n) is 3.66. The van der Waals surface area contributed by atoms with Crippen molar-refractivity contribution in [3.05, 3.63) is 53.6 Å². The van der Waals surface area contributed by atoms with E-state index < -0.39 is 0 Å². The molecule has 6 heteroatoms. The number of thiazole rings is 1. The minimum atomic E-state index is -0.0259. The Balaban J connectivity index is 1.60. The number of fused-ring (bicyclic) bond motifs is 1. The van der Waals surface area contributed by atoms with Crippen LogP contribution in [0.4, 0.5) is 0 Å². The molecule has 118 valence electrons. The SMILES string of the molecule is Cc1nccn1CCN(C)C(=O)C=Cc1nc2ccccc2s1. The molecule has 0 aliphatic carbocycles. The van der Waals surface area contributed by atoms with Gasteiger partial charge in [-0.25, -0.2) is 9.97 Å². The molecule has 0 saturated carbocycles. The molecular formula is C17H18N4OS. The average molecular weight is 326 g/mol. The van der Waals surface area contributed by atoms with E-state index in [0.29, 0.717) is 6.54 Å². The Morgan fingerprint density at radius 2 is 2.22 bits per heavy atom. The van der Waals surface area contributed by atoms with E-state index in [1.165, 1.54) is 0 Å². The highest BCUT2D eigenvalue weighted by molar-refractivity contribution is 7.19. The number of amides is 1. The minimum Gasteiger partial charge on any atom is -0.340 e. The fourth-order valence-corrected chi connectivity index (χ4v) is 3.11. The first-order chi connectivity index (χ1) is 11.1. The molecule has 23 heavy (non-hydrogen) atoms. The molecule has 1 aromatic carbocycles. The van der Waals surface area contributed by atoms with Crippen molar-refractivity contribution in [2.45, 2.75) is 13.5 Å². The normalized spacial score (nSPS) is 11.4. The van der Waals surface area contributed by atoms with Crippen molar-refractivity contribution < 1.29 is 4.79 Å². The number of nitrogens with zero attached hydrogens (tertiary/aromatic N) is 4. The largest absolute Gasteiger partial charge is 0.340 e. The number of imidazole rings is 1. The zero-order chi connectivity index (χ0) is 16.2. The van der Waals surface area contributed by atoms with E-state index in [2.05, 4.69) is 9.97 Å². The third-order valence-corrected chi connectivity index (χ3v) is 4.66. The van der Waals surface area contributed by atoms with Crippen LogP contribution in [-0.4, -0.2) is 38.9 Å². The molecular weight excluding hydrogens is 308 g/mol. The summed E-state index contributed by atoms with van der Waals surface area (Å²) in [5, 5.41) is 0.846. The van der Waals surface area contributed by atoms with Crippen molar-refractivity contribution >= 4 is 33.5 Å². The number of likely N-dealkylation sites (N-methyl/N-ethyl adjacent to an activating group) is 1. The van der Waals surface area contributed by atoms with Crippen LogP contribution in [0.25, 0.3) is 16.3 Å². The molecule has 1 amide bonds. The van der Waals surface area contributed by atoms with Crippen LogP contribution in [0.2, 0.25) is 0 Å². The predicted molar refractivity (Wildman–Crippen MR) is 93.3 cm³/mol. The van der Waals surface area contributed by atoms with Crippen LogP contribution in [0, 0.1) is 6.92 Å². The van der Waals surface area contributed by atoms with Gasteiger partial charge in [0.15, 0.2) is 0 Å². The zero-order valence-corrected chi connectivity index (χ0v) is 14.0. The van der Waals surface area contributed by atoms with Gasteiger partial charge in [-0.1, -0.05) is 12.1 Å². The van der Waals surface area contributed by atoms with E-state index in [1.807, 2.05) is 42.0 Å². The van der Waals surface area contributed by atoms with Crippen molar-refractivity contribution in [1.82, 2.24) is 19.4 Å². The molecule has 3 rings (SSSR count). The Kier molecular flexibility index (Phi) is 4.52. The first kappa shape index (κ1) is 15.4. The molecule has 0 N–H and O–H groups in total. The van der Waals surface area contributed by atoms with Crippen molar-refractivity contribution in [3.63, 3.8) is 0 Å².